The minimum atomic E-state index is 0.593. The first-order chi connectivity index (χ1) is 13.8. The second-order valence-electron chi connectivity index (χ2n) is 6.14. The summed E-state index contributed by atoms with van der Waals surface area (Å²) in [7, 11) is 0. The fraction of sp³-hybridized carbons (Fsp3) is 0.421. The molecule has 6 nitrogen and oxygen atoms in total. The number of nitrogens with zero attached hydrogens (tertiary/aromatic N) is 3. The van der Waals surface area contributed by atoms with Crippen LogP contribution in [0.15, 0.2) is 36.8 Å². The number of thiol groups is 2. The van der Waals surface area contributed by atoms with E-state index in [0.29, 0.717) is 24.2 Å². The summed E-state index contributed by atoms with van der Waals surface area (Å²) < 4.78 is 5.86. The van der Waals surface area contributed by atoms with Crippen molar-refractivity contribution >= 4 is 51.2 Å². The molecule has 3 rings (SSSR count). The van der Waals surface area contributed by atoms with Crippen LogP contribution in [0.2, 0.25) is 0 Å². The van der Waals surface area contributed by atoms with E-state index < -0.39 is 0 Å². The third-order valence-corrected chi connectivity index (χ3v) is 5.21. The standard InChI is InChI=1S/C19H25N5OS.H2S2/c1-3-5-15(4-2)16-11-21-19(26-16)24-17-10-18(23-13-22-17)25-12-14-6-8-20-9-7-14;1-2/h3-5,10-11,13-14,20H,6-9,12H2,1-2H3,(H,21,22,23,24);1-2H/b5-3-,15-4+;. The molecule has 1 aliphatic rings. The smallest absolute Gasteiger partial charge is 0.218 e. The lowest BCUT2D eigenvalue weighted by Gasteiger charge is -2.22. The summed E-state index contributed by atoms with van der Waals surface area (Å²) in [6.45, 7) is 6.87. The number of ether oxygens (including phenoxy) is 1. The molecule has 0 saturated carbocycles. The zero-order valence-electron chi connectivity index (χ0n) is 16.1. The molecule has 2 aromatic rings. The van der Waals surface area contributed by atoms with Crippen LogP contribution in [0.5, 0.6) is 5.88 Å². The quantitative estimate of drug-likeness (QED) is 0.283. The topological polar surface area (TPSA) is 72.0 Å². The van der Waals surface area contributed by atoms with Crippen LogP contribution in [0.3, 0.4) is 0 Å². The van der Waals surface area contributed by atoms with Crippen LogP contribution < -0.4 is 15.4 Å². The van der Waals surface area contributed by atoms with Crippen molar-refractivity contribution in [2.75, 3.05) is 25.0 Å². The van der Waals surface area contributed by atoms with Crippen molar-refractivity contribution in [3.8, 4) is 5.88 Å². The summed E-state index contributed by atoms with van der Waals surface area (Å²) in [5.74, 6) is 1.88. The fourth-order valence-electron chi connectivity index (χ4n) is 2.81. The van der Waals surface area contributed by atoms with Crippen molar-refractivity contribution < 1.29 is 4.74 Å². The zero-order chi connectivity index (χ0) is 20.2. The number of thiazole rings is 1. The molecule has 28 heavy (non-hydrogen) atoms. The third kappa shape index (κ3) is 7.12. The van der Waals surface area contributed by atoms with E-state index in [1.165, 1.54) is 6.33 Å². The SMILES string of the molecule is C/C=C\C(=C/C)c1cnc(Nc2cc(OCC3CCNCC3)ncn2)s1.SS. The largest absolute Gasteiger partial charge is 0.477 e. The summed E-state index contributed by atoms with van der Waals surface area (Å²) in [5.41, 5.74) is 1.16. The lowest BCUT2D eigenvalue weighted by molar-refractivity contribution is 0.209. The third-order valence-electron chi connectivity index (χ3n) is 4.25. The fourth-order valence-corrected chi connectivity index (χ4v) is 3.69. The van der Waals surface area contributed by atoms with Gasteiger partial charge in [0.2, 0.25) is 5.88 Å². The van der Waals surface area contributed by atoms with Crippen LogP contribution in [0.4, 0.5) is 10.9 Å². The number of anilines is 2. The second kappa shape index (κ2) is 12.8. The summed E-state index contributed by atoms with van der Waals surface area (Å²) >= 11 is 8.04. The van der Waals surface area contributed by atoms with Crippen molar-refractivity contribution in [2.45, 2.75) is 26.7 Å². The van der Waals surface area contributed by atoms with Gasteiger partial charge in [-0.15, -0.1) is 23.3 Å². The molecule has 3 heterocycles. The minimum Gasteiger partial charge on any atom is -0.477 e. The molecule has 0 aliphatic carbocycles. The monoisotopic (exact) mass is 437 g/mol. The number of aromatic nitrogens is 3. The van der Waals surface area contributed by atoms with Gasteiger partial charge in [-0.25, -0.2) is 15.0 Å². The summed E-state index contributed by atoms with van der Waals surface area (Å²) in [5, 5.41) is 7.40. The maximum Gasteiger partial charge on any atom is 0.218 e. The molecule has 1 aliphatic heterocycles. The van der Waals surface area contributed by atoms with Crippen LogP contribution >= 0.6 is 34.7 Å². The molecule has 0 atom stereocenters. The summed E-state index contributed by atoms with van der Waals surface area (Å²) in [4.78, 5) is 14.0. The first-order valence-corrected chi connectivity index (χ1v) is 11.6. The Morgan fingerprint density at radius 3 is 2.79 bits per heavy atom. The summed E-state index contributed by atoms with van der Waals surface area (Å²) in [6.07, 6.45) is 11.9. The van der Waals surface area contributed by atoms with Gasteiger partial charge in [-0.05, 0) is 51.3 Å². The van der Waals surface area contributed by atoms with Crippen LogP contribution in [-0.2, 0) is 0 Å². The van der Waals surface area contributed by atoms with Gasteiger partial charge in [-0.3, -0.25) is 0 Å². The number of hydrogen-bond donors (Lipinski definition) is 4. The Kier molecular flexibility index (Phi) is 10.4. The molecular formula is C19H27N5OS3. The average molecular weight is 438 g/mol. The molecule has 0 bridgehead atoms. The Hall–Kier alpha value is -1.55. The molecule has 0 aromatic carbocycles. The van der Waals surface area contributed by atoms with E-state index in [1.54, 1.807) is 11.3 Å². The molecule has 2 aromatic heterocycles. The number of rotatable bonds is 7. The van der Waals surface area contributed by atoms with E-state index in [1.807, 2.05) is 32.2 Å². The van der Waals surface area contributed by atoms with E-state index in [9.17, 15) is 0 Å². The molecule has 0 spiro atoms. The number of nitrogens with one attached hydrogen (secondary N) is 2. The Morgan fingerprint density at radius 1 is 1.29 bits per heavy atom. The molecule has 0 radical (unpaired) electrons. The van der Waals surface area contributed by atoms with Gasteiger partial charge in [0.05, 0.1) is 11.5 Å². The molecule has 0 unspecified atom stereocenters. The van der Waals surface area contributed by atoms with Crippen LogP contribution in [0.1, 0.15) is 31.6 Å². The number of allylic oxidation sites excluding steroid dienone is 4. The molecule has 9 heteroatoms. The van der Waals surface area contributed by atoms with Gasteiger partial charge in [0.25, 0.3) is 0 Å². The highest BCUT2D eigenvalue weighted by atomic mass is 33.1. The molecular weight excluding hydrogens is 410 g/mol. The molecule has 0 amide bonds. The van der Waals surface area contributed by atoms with Gasteiger partial charge < -0.3 is 15.4 Å². The van der Waals surface area contributed by atoms with Crippen molar-refractivity contribution in [1.29, 1.82) is 0 Å². The van der Waals surface area contributed by atoms with E-state index in [2.05, 4.69) is 61.1 Å². The van der Waals surface area contributed by atoms with Gasteiger partial charge in [0.1, 0.15) is 12.1 Å². The molecule has 1 fully saturated rings. The van der Waals surface area contributed by atoms with Gasteiger partial charge in [-0.1, -0.05) is 29.6 Å². The summed E-state index contributed by atoms with van der Waals surface area (Å²) in [6, 6.07) is 1.82. The number of hydrogen-bond acceptors (Lipinski definition) is 9. The lowest BCUT2D eigenvalue weighted by Crippen LogP contribution is -2.30. The minimum absolute atomic E-state index is 0.593. The highest BCUT2D eigenvalue weighted by Gasteiger charge is 2.14. The highest BCUT2D eigenvalue weighted by Crippen LogP contribution is 2.28. The van der Waals surface area contributed by atoms with Gasteiger partial charge in [0, 0.05) is 12.3 Å². The van der Waals surface area contributed by atoms with Gasteiger partial charge in [-0.2, -0.15) is 0 Å². The second-order valence-corrected chi connectivity index (χ2v) is 7.18. The molecule has 2 N–H and O–H groups in total. The first-order valence-electron chi connectivity index (χ1n) is 9.16. The Bertz CT molecular complexity index is 772. The Morgan fingerprint density at radius 2 is 2.07 bits per heavy atom. The van der Waals surface area contributed by atoms with Crippen molar-refractivity contribution in [3.05, 3.63) is 41.7 Å². The van der Waals surface area contributed by atoms with E-state index >= 15 is 0 Å². The van der Waals surface area contributed by atoms with Gasteiger partial charge >= 0.3 is 0 Å². The van der Waals surface area contributed by atoms with Crippen molar-refractivity contribution in [2.24, 2.45) is 5.92 Å². The van der Waals surface area contributed by atoms with Crippen LogP contribution in [0, 0.1) is 5.92 Å². The molecule has 1 saturated heterocycles. The van der Waals surface area contributed by atoms with Gasteiger partial charge in [0.15, 0.2) is 5.13 Å². The maximum atomic E-state index is 5.86. The van der Waals surface area contributed by atoms with Crippen molar-refractivity contribution in [1.82, 2.24) is 20.3 Å². The predicted molar refractivity (Wildman–Crippen MR) is 125 cm³/mol. The first kappa shape index (κ1) is 22.7. The molecule has 152 valence electrons. The zero-order valence-corrected chi connectivity index (χ0v) is 18.7. The van der Waals surface area contributed by atoms with Crippen LogP contribution in [-0.4, -0.2) is 34.6 Å². The van der Waals surface area contributed by atoms with E-state index in [0.717, 1.165) is 41.5 Å². The highest BCUT2D eigenvalue weighted by molar-refractivity contribution is 8.59. The Balaban J connectivity index is 0.00000136. The van der Waals surface area contributed by atoms with E-state index in [4.69, 9.17) is 4.74 Å². The number of piperidine rings is 1. The lowest BCUT2D eigenvalue weighted by atomic mass is 9.99. The van der Waals surface area contributed by atoms with Crippen molar-refractivity contribution in [3.63, 3.8) is 0 Å². The van der Waals surface area contributed by atoms with E-state index in [-0.39, 0.29) is 0 Å². The Labute approximate surface area is 181 Å². The average Bonchev–Trinajstić information content (AvgIpc) is 3.21. The maximum absolute atomic E-state index is 5.86. The normalized spacial score (nSPS) is 15.2. The predicted octanol–water partition coefficient (Wildman–Crippen LogP) is 4.80. The van der Waals surface area contributed by atoms with Crippen LogP contribution in [0.25, 0.3) is 5.57 Å².